The van der Waals surface area contributed by atoms with Gasteiger partial charge in [0.2, 0.25) is 5.52 Å². The van der Waals surface area contributed by atoms with Crippen LogP contribution in [0.15, 0.2) is 0 Å². The van der Waals surface area contributed by atoms with E-state index >= 15 is 0 Å². The van der Waals surface area contributed by atoms with Gasteiger partial charge in [0.05, 0.1) is 26.2 Å². The summed E-state index contributed by atoms with van der Waals surface area (Å²) in [4.78, 5) is 22.7. The molecule has 0 saturated heterocycles. The van der Waals surface area contributed by atoms with Crippen LogP contribution in [0.2, 0.25) is 0 Å². The van der Waals surface area contributed by atoms with E-state index in [0.29, 0.717) is 0 Å². The second kappa shape index (κ2) is 8.39. The lowest BCUT2D eigenvalue weighted by atomic mass is 10.3. The van der Waals surface area contributed by atoms with Gasteiger partial charge in [-0.1, -0.05) is 0 Å². The van der Waals surface area contributed by atoms with Gasteiger partial charge in [0.25, 0.3) is 0 Å². The Morgan fingerprint density at radius 3 is 1.88 bits per heavy atom. The summed E-state index contributed by atoms with van der Waals surface area (Å²) in [5.74, 6) is -0.500. The van der Waals surface area contributed by atoms with Crippen LogP contribution < -0.4 is 0 Å². The molecule has 0 atom stereocenters. The molecule has 0 aliphatic rings. The van der Waals surface area contributed by atoms with Gasteiger partial charge in [-0.2, -0.15) is 0 Å². The summed E-state index contributed by atoms with van der Waals surface area (Å²) in [7, 11) is -3.73. The van der Waals surface area contributed by atoms with Crippen LogP contribution in [-0.4, -0.2) is 31.3 Å². The number of ether oxygens (including phenoxy) is 1. The minimum atomic E-state index is -3.73. The first-order valence-corrected chi connectivity index (χ1v) is 7.12. The first-order chi connectivity index (χ1) is 8.00. The monoisotopic (exact) mass is 266 g/mol. The Labute approximate surface area is 101 Å². The fourth-order valence-corrected chi connectivity index (χ4v) is 2.53. The van der Waals surface area contributed by atoms with Crippen molar-refractivity contribution in [3.05, 3.63) is 0 Å². The number of rotatable bonds is 9. The second-order valence-electron chi connectivity index (χ2n) is 3.03. The lowest BCUT2D eigenvalue weighted by Crippen LogP contribution is -2.11. The molecule has 0 saturated carbocycles. The van der Waals surface area contributed by atoms with Gasteiger partial charge in [-0.3, -0.25) is 14.2 Å². The van der Waals surface area contributed by atoms with E-state index < -0.39 is 19.1 Å². The van der Waals surface area contributed by atoms with Crippen molar-refractivity contribution in [2.45, 2.75) is 33.6 Å². The van der Waals surface area contributed by atoms with Crippen LogP contribution in [-0.2, 0) is 27.9 Å². The molecule has 0 unspecified atom stereocenters. The molecule has 0 spiro atoms. The molecule has 0 bridgehead atoms. The first kappa shape index (κ1) is 16.3. The van der Waals surface area contributed by atoms with Gasteiger partial charge in [0, 0.05) is 6.42 Å². The number of carbonyl (C=O) groups excluding carboxylic acids is 2. The summed E-state index contributed by atoms with van der Waals surface area (Å²) in [5.41, 5.74) is -0.686. The number of esters is 1. The van der Waals surface area contributed by atoms with E-state index in [1.807, 2.05) is 0 Å². The Morgan fingerprint density at radius 1 is 0.941 bits per heavy atom. The van der Waals surface area contributed by atoms with Crippen molar-refractivity contribution >= 4 is 19.1 Å². The molecule has 0 aromatic rings. The van der Waals surface area contributed by atoms with E-state index in [-0.39, 0.29) is 32.7 Å². The van der Waals surface area contributed by atoms with Crippen LogP contribution in [0.1, 0.15) is 33.6 Å². The molecule has 17 heavy (non-hydrogen) atoms. The molecule has 0 rings (SSSR count). The van der Waals surface area contributed by atoms with Gasteiger partial charge < -0.3 is 13.8 Å². The van der Waals surface area contributed by atoms with E-state index in [9.17, 15) is 14.2 Å². The van der Waals surface area contributed by atoms with Crippen LogP contribution in [0.5, 0.6) is 0 Å². The number of hydrogen-bond acceptors (Lipinski definition) is 6. The van der Waals surface area contributed by atoms with Crippen molar-refractivity contribution in [1.82, 2.24) is 0 Å². The lowest BCUT2D eigenvalue weighted by Gasteiger charge is -2.14. The highest BCUT2D eigenvalue weighted by Crippen LogP contribution is 2.50. The van der Waals surface area contributed by atoms with E-state index in [4.69, 9.17) is 9.05 Å². The van der Waals surface area contributed by atoms with Gasteiger partial charge in [-0.25, -0.2) is 0 Å². The molecular weight excluding hydrogens is 247 g/mol. The quantitative estimate of drug-likeness (QED) is 0.470. The highest BCUT2D eigenvalue weighted by Gasteiger charge is 2.33. The molecule has 100 valence electrons. The molecule has 0 aromatic heterocycles. The summed E-state index contributed by atoms with van der Waals surface area (Å²) in [6.45, 7) is 5.38. The van der Waals surface area contributed by atoms with Gasteiger partial charge in [0.15, 0.2) is 0 Å². The third-order valence-corrected chi connectivity index (χ3v) is 3.78. The summed E-state index contributed by atoms with van der Waals surface area (Å²) < 4.78 is 26.3. The van der Waals surface area contributed by atoms with Crippen molar-refractivity contribution in [3.63, 3.8) is 0 Å². The summed E-state index contributed by atoms with van der Waals surface area (Å²) in [6, 6.07) is 0. The maximum atomic E-state index is 11.9. The van der Waals surface area contributed by atoms with Crippen molar-refractivity contribution in [3.8, 4) is 0 Å². The predicted octanol–water partition coefficient (Wildman–Crippen LogP) is 2.12. The fraction of sp³-hybridized carbons (Fsp3) is 0.800. The van der Waals surface area contributed by atoms with Gasteiger partial charge in [0.1, 0.15) is 0 Å². The zero-order chi connectivity index (χ0) is 13.3. The maximum Gasteiger partial charge on any atom is 0.396 e. The predicted molar refractivity (Wildman–Crippen MR) is 61.7 cm³/mol. The highest BCUT2D eigenvalue weighted by atomic mass is 31.2. The second-order valence-corrected chi connectivity index (χ2v) is 5.04. The summed E-state index contributed by atoms with van der Waals surface area (Å²) in [5, 5.41) is 0. The van der Waals surface area contributed by atoms with E-state index in [2.05, 4.69) is 4.74 Å². The average molecular weight is 266 g/mol. The van der Waals surface area contributed by atoms with Crippen molar-refractivity contribution in [2.75, 3.05) is 19.8 Å². The summed E-state index contributed by atoms with van der Waals surface area (Å²) in [6.07, 6.45) is -0.313. The molecule has 0 aliphatic heterocycles. The number of carbonyl (C=O) groups is 2. The van der Waals surface area contributed by atoms with Crippen molar-refractivity contribution in [2.24, 2.45) is 0 Å². The zero-order valence-corrected chi connectivity index (χ0v) is 11.3. The lowest BCUT2D eigenvalue weighted by molar-refractivity contribution is -0.143. The molecule has 0 aliphatic carbocycles. The molecule has 0 aromatic carbocycles. The van der Waals surface area contributed by atoms with E-state index in [1.165, 1.54) is 0 Å². The Balaban J connectivity index is 4.34. The van der Waals surface area contributed by atoms with Crippen LogP contribution in [0.3, 0.4) is 0 Å². The Kier molecular flexibility index (Phi) is 8.04. The molecule has 0 radical (unpaired) electrons. The summed E-state index contributed by atoms with van der Waals surface area (Å²) >= 11 is 0. The van der Waals surface area contributed by atoms with E-state index in [0.717, 1.165) is 0 Å². The normalized spacial score (nSPS) is 11.2. The van der Waals surface area contributed by atoms with Gasteiger partial charge in [-0.15, -0.1) is 0 Å². The van der Waals surface area contributed by atoms with Crippen LogP contribution in [0.4, 0.5) is 0 Å². The molecule has 0 amide bonds. The third-order valence-electron chi connectivity index (χ3n) is 1.75. The molecule has 0 heterocycles. The average Bonchev–Trinajstić information content (AvgIpc) is 2.27. The third kappa shape index (κ3) is 5.96. The van der Waals surface area contributed by atoms with Crippen molar-refractivity contribution < 1.29 is 27.9 Å². The smallest absolute Gasteiger partial charge is 0.396 e. The molecule has 0 N–H and O–H groups in total. The van der Waals surface area contributed by atoms with E-state index in [1.54, 1.807) is 20.8 Å². The van der Waals surface area contributed by atoms with Crippen LogP contribution in [0.25, 0.3) is 0 Å². The highest BCUT2D eigenvalue weighted by molar-refractivity contribution is 7.71. The van der Waals surface area contributed by atoms with Crippen LogP contribution in [0, 0.1) is 0 Å². The zero-order valence-electron chi connectivity index (χ0n) is 10.4. The van der Waals surface area contributed by atoms with Gasteiger partial charge in [-0.05, 0) is 20.8 Å². The fourth-order valence-electron chi connectivity index (χ4n) is 1.10. The minimum Gasteiger partial charge on any atom is -0.466 e. The Bertz CT molecular complexity index is 291. The van der Waals surface area contributed by atoms with Gasteiger partial charge >= 0.3 is 13.6 Å². The van der Waals surface area contributed by atoms with Crippen molar-refractivity contribution in [1.29, 1.82) is 0 Å². The van der Waals surface area contributed by atoms with Crippen LogP contribution >= 0.6 is 7.60 Å². The molecule has 7 heteroatoms. The Morgan fingerprint density at radius 2 is 1.47 bits per heavy atom. The SMILES string of the molecule is CCOC(=O)CCC(=O)P(=O)(OCC)OCC. The maximum absolute atomic E-state index is 11.9. The largest absolute Gasteiger partial charge is 0.466 e. The number of hydrogen-bond donors (Lipinski definition) is 0. The standard InChI is InChI=1S/C10H19O6P/c1-4-14-9(11)7-8-10(12)17(13,15-5-2)16-6-3/h4-8H2,1-3H3. The molecular formula is C10H19O6P. The molecule has 0 fully saturated rings. The topological polar surface area (TPSA) is 78.9 Å². The minimum absolute atomic E-state index is 0.114. The molecule has 6 nitrogen and oxygen atoms in total. The first-order valence-electron chi connectivity index (χ1n) is 5.58. The Hall–Kier alpha value is -0.710.